The van der Waals surface area contributed by atoms with E-state index < -0.39 is 17.7 Å². The van der Waals surface area contributed by atoms with Crippen LogP contribution in [0.5, 0.6) is 11.5 Å². The highest BCUT2D eigenvalue weighted by molar-refractivity contribution is 5.93. The second kappa shape index (κ2) is 7.94. The molecule has 4 rings (SSSR count). The Labute approximate surface area is 168 Å². The van der Waals surface area contributed by atoms with E-state index >= 15 is 0 Å². The quantitative estimate of drug-likeness (QED) is 0.739. The molecular formula is C20H22N4O5. The summed E-state index contributed by atoms with van der Waals surface area (Å²) in [5.74, 6) is 0.160. The smallest absolute Gasteiger partial charge is 0.326 e. The van der Waals surface area contributed by atoms with Crippen molar-refractivity contribution in [2.45, 2.75) is 31.5 Å². The van der Waals surface area contributed by atoms with Gasteiger partial charge in [0.1, 0.15) is 6.54 Å². The third kappa shape index (κ3) is 4.39. The fourth-order valence-corrected chi connectivity index (χ4v) is 3.43. The van der Waals surface area contributed by atoms with Crippen LogP contribution in [-0.2, 0) is 14.3 Å². The largest absolute Gasteiger partial charge is 0.454 e. The van der Waals surface area contributed by atoms with E-state index in [9.17, 15) is 9.59 Å². The van der Waals surface area contributed by atoms with Gasteiger partial charge in [0.15, 0.2) is 18.1 Å². The van der Waals surface area contributed by atoms with E-state index in [1.54, 1.807) is 43.7 Å². The summed E-state index contributed by atoms with van der Waals surface area (Å²) in [6.07, 6.45) is 7.04. The number of hydrogen-bond donors (Lipinski definition) is 1. The van der Waals surface area contributed by atoms with Crippen LogP contribution < -0.4 is 19.7 Å². The van der Waals surface area contributed by atoms with Gasteiger partial charge in [-0.2, -0.15) is 0 Å². The van der Waals surface area contributed by atoms with E-state index in [1.165, 1.54) is 4.90 Å². The maximum absolute atomic E-state index is 12.1. The summed E-state index contributed by atoms with van der Waals surface area (Å²) in [5.41, 5.74) is 0.554. The summed E-state index contributed by atoms with van der Waals surface area (Å²) in [5, 5.41) is 2.70. The molecule has 1 spiro atoms. The standard InChI is InChI=1S/C20H22N4O5/c1-24(19-21-9-4-10-22-19)12-18(26)27-13-17(25)23-14-5-6-15-16(11-14)29-20(28-15)7-2-3-8-20/h4-6,9-11H,2-3,7-8,12-13H2,1H3,(H,23,25). The van der Waals surface area contributed by atoms with Crippen LogP contribution in [0.25, 0.3) is 0 Å². The summed E-state index contributed by atoms with van der Waals surface area (Å²) >= 11 is 0. The molecule has 1 saturated carbocycles. The highest BCUT2D eigenvalue weighted by Crippen LogP contribution is 2.47. The monoisotopic (exact) mass is 398 g/mol. The lowest BCUT2D eigenvalue weighted by Gasteiger charge is -2.21. The average molecular weight is 398 g/mol. The molecule has 1 aromatic heterocycles. The Morgan fingerprint density at radius 2 is 1.90 bits per heavy atom. The minimum Gasteiger partial charge on any atom is -0.454 e. The normalized spacial score (nSPS) is 15.9. The SMILES string of the molecule is CN(CC(=O)OCC(=O)Nc1ccc2c(c1)OC1(CCCC1)O2)c1ncccn1. The number of ether oxygens (including phenoxy) is 3. The molecule has 1 fully saturated rings. The fraction of sp³-hybridized carbons (Fsp3) is 0.400. The zero-order chi connectivity index (χ0) is 20.3. The van der Waals surface area contributed by atoms with Gasteiger partial charge in [-0.05, 0) is 31.0 Å². The Balaban J connectivity index is 1.26. The van der Waals surface area contributed by atoms with Gasteiger partial charge in [0.2, 0.25) is 5.95 Å². The molecule has 0 unspecified atom stereocenters. The van der Waals surface area contributed by atoms with Gasteiger partial charge in [0.25, 0.3) is 11.7 Å². The number of nitrogens with one attached hydrogen (secondary N) is 1. The number of anilines is 2. The summed E-state index contributed by atoms with van der Waals surface area (Å²) in [6.45, 7) is -0.454. The molecule has 1 aromatic carbocycles. The van der Waals surface area contributed by atoms with Gasteiger partial charge in [0, 0.05) is 44.0 Å². The molecule has 9 nitrogen and oxygen atoms in total. The van der Waals surface area contributed by atoms with Crippen molar-refractivity contribution < 1.29 is 23.8 Å². The number of hydrogen-bond acceptors (Lipinski definition) is 8. The van der Waals surface area contributed by atoms with Crippen molar-refractivity contribution in [1.29, 1.82) is 0 Å². The van der Waals surface area contributed by atoms with Gasteiger partial charge in [-0.15, -0.1) is 0 Å². The Morgan fingerprint density at radius 1 is 1.17 bits per heavy atom. The molecule has 2 aliphatic rings. The molecule has 0 atom stereocenters. The Kier molecular flexibility index (Phi) is 5.20. The minimum atomic E-state index is -0.552. The Hall–Kier alpha value is -3.36. The Bertz CT molecular complexity index is 899. The summed E-state index contributed by atoms with van der Waals surface area (Å²) in [6, 6.07) is 6.92. The lowest BCUT2D eigenvalue weighted by molar-refractivity contribution is -0.145. The van der Waals surface area contributed by atoms with Gasteiger partial charge >= 0.3 is 5.97 Å². The second-order valence-electron chi connectivity index (χ2n) is 7.10. The fourth-order valence-electron chi connectivity index (χ4n) is 3.43. The molecule has 0 radical (unpaired) electrons. The summed E-state index contributed by atoms with van der Waals surface area (Å²) in [7, 11) is 1.67. The molecule has 2 heterocycles. The number of esters is 1. The van der Waals surface area contributed by atoms with Crippen molar-refractivity contribution in [1.82, 2.24) is 9.97 Å². The van der Waals surface area contributed by atoms with E-state index in [0.29, 0.717) is 23.1 Å². The van der Waals surface area contributed by atoms with Crippen molar-refractivity contribution in [3.05, 3.63) is 36.7 Å². The predicted octanol–water partition coefficient (Wildman–Crippen LogP) is 2.14. The topological polar surface area (TPSA) is 103 Å². The van der Waals surface area contributed by atoms with Crippen molar-refractivity contribution in [2.24, 2.45) is 0 Å². The van der Waals surface area contributed by atoms with Crippen LogP contribution in [0.15, 0.2) is 36.7 Å². The summed E-state index contributed by atoms with van der Waals surface area (Å²) in [4.78, 5) is 33.7. The number of nitrogens with zero attached hydrogens (tertiary/aromatic N) is 3. The molecule has 1 aliphatic carbocycles. The van der Waals surface area contributed by atoms with Crippen LogP contribution in [0, 0.1) is 0 Å². The third-order valence-corrected chi connectivity index (χ3v) is 4.81. The second-order valence-corrected chi connectivity index (χ2v) is 7.10. The van der Waals surface area contributed by atoms with Crippen LogP contribution in [0.2, 0.25) is 0 Å². The number of benzene rings is 1. The molecule has 29 heavy (non-hydrogen) atoms. The number of rotatable bonds is 6. The first-order chi connectivity index (χ1) is 14.0. The molecule has 2 aromatic rings. The Morgan fingerprint density at radius 3 is 2.66 bits per heavy atom. The van der Waals surface area contributed by atoms with E-state index in [1.807, 2.05) is 0 Å². The van der Waals surface area contributed by atoms with Gasteiger partial charge in [-0.25, -0.2) is 9.97 Å². The van der Waals surface area contributed by atoms with Gasteiger partial charge < -0.3 is 24.4 Å². The van der Waals surface area contributed by atoms with Crippen LogP contribution in [0.1, 0.15) is 25.7 Å². The number of carbonyl (C=O) groups is 2. The first kappa shape index (κ1) is 19.0. The van der Waals surface area contributed by atoms with Gasteiger partial charge in [-0.3, -0.25) is 9.59 Å². The predicted molar refractivity (Wildman–Crippen MR) is 104 cm³/mol. The van der Waals surface area contributed by atoms with Gasteiger partial charge in [-0.1, -0.05) is 0 Å². The molecule has 152 valence electrons. The van der Waals surface area contributed by atoms with E-state index in [0.717, 1.165) is 25.7 Å². The maximum Gasteiger partial charge on any atom is 0.326 e. The number of fused-ring (bicyclic) bond motifs is 1. The van der Waals surface area contributed by atoms with Gasteiger partial charge in [0.05, 0.1) is 0 Å². The van der Waals surface area contributed by atoms with Crippen LogP contribution >= 0.6 is 0 Å². The maximum atomic E-state index is 12.1. The van der Waals surface area contributed by atoms with Crippen LogP contribution in [0.3, 0.4) is 0 Å². The molecule has 0 bridgehead atoms. The molecule has 9 heteroatoms. The highest BCUT2D eigenvalue weighted by Gasteiger charge is 2.44. The first-order valence-electron chi connectivity index (χ1n) is 9.49. The summed E-state index contributed by atoms with van der Waals surface area (Å²) < 4.78 is 17.0. The lowest BCUT2D eigenvalue weighted by atomic mass is 10.2. The molecular weight excluding hydrogens is 376 g/mol. The number of carbonyl (C=O) groups excluding carboxylic acids is 2. The number of likely N-dealkylation sites (N-methyl/N-ethyl adjacent to an activating group) is 1. The van der Waals surface area contributed by atoms with Crippen molar-refractivity contribution in [3.8, 4) is 11.5 Å². The number of amides is 1. The molecule has 1 aliphatic heterocycles. The highest BCUT2D eigenvalue weighted by atomic mass is 16.7. The van der Waals surface area contributed by atoms with Crippen LogP contribution in [0.4, 0.5) is 11.6 Å². The zero-order valence-electron chi connectivity index (χ0n) is 16.1. The minimum absolute atomic E-state index is 0.0661. The van der Waals surface area contributed by atoms with E-state index in [4.69, 9.17) is 14.2 Å². The first-order valence-corrected chi connectivity index (χ1v) is 9.49. The third-order valence-electron chi connectivity index (χ3n) is 4.81. The molecule has 1 N–H and O–H groups in total. The van der Waals surface area contributed by atoms with E-state index in [-0.39, 0.29) is 13.2 Å². The lowest BCUT2D eigenvalue weighted by Crippen LogP contribution is -2.34. The van der Waals surface area contributed by atoms with E-state index in [2.05, 4.69) is 15.3 Å². The van der Waals surface area contributed by atoms with Crippen LogP contribution in [-0.4, -0.2) is 47.8 Å². The number of aromatic nitrogens is 2. The average Bonchev–Trinajstić information content (AvgIpc) is 3.32. The van der Waals surface area contributed by atoms with Crippen molar-refractivity contribution in [2.75, 3.05) is 30.4 Å². The molecule has 1 amide bonds. The zero-order valence-corrected chi connectivity index (χ0v) is 16.1. The van der Waals surface area contributed by atoms with Crippen molar-refractivity contribution in [3.63, 3.8) is 0 Å². The molecule has 0 saturated heterocycles. The van der Waals surface area contributed by atoms with Crippen molar-refractivity contribution >= 4 is 23.5 Å².